The SMILES string of the molecule is CC1=C(c2ccc(C)c(Cc3ccc(-c4ccc(F)cc4)s3)c2)C1. The van der Waals surface area contributed by atoms with E-state index in [9.17, 15) is 4.39 Å². The van der Waals surface area contributed by atoms with Gasteiger partial charge in [-0.3, -0.25) is 0 Å². The van der Waals surface area contributed by atoms with Gasteiger partial charge in [0.05, 0.1) is 0 Å². The Hall–Kier alpha value is -2.19. The van der Waals surface area contributed by atoms with Gasteiger partial charge in [-0.1, -0.05) is 35.9 Å². The van der Waals surface area contributed by atoms with Crippen LogP contribution in [-0.2, 0) is 6.42 Å². The van der Waals surface area contributed by atoms with E-state index in [2.05, 4.69) is 44.2 Å². The molecular weight excluding hydrogens is 315 g/mol. The minimum absolute atomic E-state index is 0.187. The van der Waals surface area contributed by atoms with Crippen LogP contribution in [0.5, 0.6) is 0 Å². The van der Waals surface area contributed by atoms with Crippen LogP contribution in [0.25, 0.3) is 16.0 Å². The number of benzene rings is 2. The van der Waals surface area contributed by atoms with Crippen LogP contribution in [0.1, 0.15) is 34.9 Å². The Bertz CT molecular complexity index is 929. The summed E-state index contributed by atoms with van der Waals surface area (Å²) >= 11 is 1.79. The van der Waals surface area contributed by atoms with Gasteiger partial charge in [0.2, 0.25) is 0 Å². The zero-order valence-corrected chi connectivity index (χ0v) is 14.7. The molecule has 0 saturated carbocycles. The van der Waals surface area contributed by atoms with Crippen molar-refractivity contribution in [2.24, 2.45) is 0 Å². The number of hydrogen-bond acceptors (Lipinski definition) is 1. The van der Waals surface area contributed by atoms with Crippen LogP contribution < -0.4 is 0 Å². The lowest BCUT2D eigenvalue weighted by atomic mass is 10.0. The van der Waals surface area contributed by atoms with Gasteiger partial charge in [0.1, 0.15) is 5.82 Å². The van der Waals surface area contributed by atoms with Crippen LogP contribution in [0.2, 0.25) is 0 Å². The molecule has 120 valence electrons. The maximum Gasteiger partial charge on any atom is 0.123 e. The molecule has 1 aliphatic carbocycles. The van der Waals surface area contributed by atoms with E-state index in [1.165, 1.54) is 49.7 Å². The van der Waals surface area contributed by atoms with Gasteiger partial charge < -0.3 is 0 Å². The lowest BCUT2D eigenvalue weighted by Crippen LogP contribution is -1.91. The Morgan fingerprint density at radius 2 is 1.62 bits per heavy atom. The number of rotatable bonds is 4. The molecule has 1 aliphatic rings. The number of hydrogen-bond donors (Lipinski definition) is 0. The molecule has 0 fully saturated rings. The van der Waals surface area contributed by atoms with Crippen LogP contribution in [0.15, 0.2) is 60.2 Å². The lowest BCUT2D eigenvalue weighted by molar-refractivity contribution is 0.628. The Morgan fingerprint density at radius 3 is 2.33 bits per heavy atom. The van der Waals surface area contributed by atoms with Crippen molar-refractivity contribution in [2.75, 3.05) is 0 Å². The van der Waals surface area contributed by atoms with E-state index >= 15 is 0 Å². The second-order valence-electron chi connectivity index (χ2n) is 6.53. The molecule has 0 nitrogen and oxygen atoms in total. The molecule has 0 amide bonds. The molecule has 3 aromatic rings. The van der Waals surface area contributed by atoms with Gasteiger partial charge in [-0.25, -0.2) is 4.39 Å². The van der Waals surface area contributed by atoms with Crippen molar-refractivity contribution in [3.05, 3.63) is 87.6 Å². The molecule has 0 N–H and O–H groups in total. The quantitative estimate of drug-likeness (QED) is 0.502. The van der Waals surface area contributed by atoms with Crippen LogP contribution in [-0.4, -0.2) is 0 Å². The Kier molecular flexibility index (Phi) is 3.85. The fourth-order valence-corrected chi connectivity index (χ4v) is 4.09. The number of thiophene rings is 1. The van der Waals surface area contributed by atoms with E-state index in [0.717, 1.165) is 18.4 Å². The van der Waals surface area contributed by atoms with Crippen molar-refractivity contribution in [3.8, 4) is 10.4 Å². The predicted octanol–water partition coefficient (Wildman–Crippen LogP) is 6.63. The standard InChI is InChI=1S/C22H19FS/c1-14-3-4-17(21-11-15(21)2)12-18(14)13-20-9-10-22(24-20)16-5-7-19(23)8-6-16/h3-10,12H,11,13H2,1-2H3. The van der Waals surface area contributed by atoms with Gasteiger partial charge >= 0.3 is 0 Å². The molecule has 1 heterocycles. The summed E-state index contributed by atoms with van der Waals surface area (Å²) in [6.07, 6.45) is 2.12. The molecule has 0 unspecified atom stereocenters. The lowest BCUT2D eigenvalue weighted by Gasteiger charge is -2.06. The highest BCUT2D eigenvalue weighted by Gasteiger charge is 2.19. The van der Waals surface area contributed by atoms with Gasteiger partial charge in [0.25, 0.3) is 0 Å². The highest BCUT2D eigenvalue weighted by atomic mass is 32.1. The topological polar surface area (TPSA) is 0 Å². The molecule has 0 bridgehead atoms. The maximum atomic E-state index is 13.1. The van der Waals surface area contributed by atoms with Gasteiger partial charge in [0.15, 0.2) is 0 Å². The van der Waals surface area contributed by atoms with Crippen LogP contribution >= 0.6 is 11.3 Å². The van der Waals surface area contributed by atoms with E-state index in [1.807, 2.05) is 12.1 Å². The van der Waals surface area contributed by atoms with Crippen LogP contribution in [0.4, 0.5) is 4.39 Å². The second kappa shape index (κ2) is 6.03. The summed E-state index contributed by atoms with van der Waals surface area (Å²) in [6.45, 7) is 4.39. The summed E-state index contributed by atoms with van der Waals surface area (Å²) < 4.78 is 13.1. The predicted molar refractivity (Wildman–Crippen MR) is 101 cm³/mol. The molecule has 0 saturated heterocycles. The maximum absolute atomic E-state index is 13.1. The van der Waals surface area contributed by atoms with Crippen molar-refractivity contribution in [1.82, 2.24) is 0 Å². The fraction of sp³-hybridized carbons (Fsp3) is 0.182. The first-order valence-corrected chi connectivity index (χ1v) is 9.05. The molecular formula is C22H19FS. The van der Waals surface area contributed by atoms with Crippen molar-refractivity contribution in [3.63, 3.8) is 0 Å². The monoisotopic (exact) mass is 334 g/mol. The third-order valence-corrected chi connectivity index (χ3v) is 5.82. The molecule has 0 atom stereocenters. The number of allylic oxidation sites excluding steroid dienone is 2. The summed E-state index contributed by atoms with van der Waals surface area (Å²) in [5, 5.41) is 0. The summed E-state index contributed by atoms with van der Waals surface area (Å²) in [6, 6.07) is 17.9. The Balaban J connectivity index is 1.59. The fourth-order valence-electron chi connectivity index (χ4n) is 3.05. The average Bonchev–Trinajstić information content (AvgIpc) is 3.12. The minimum atomic E-state index is -0.187. The van der Waals surface area contributed by atoms with Crippen molar-refractivity contribution >= 4 is 16.9 Å². The van der Waals surface area contributed by atoms with Crippen molar-refractivity contribution < 1.29 is 4.39 Å². The van der Waals surface area contributed by atoms with E-state index in [1.54, 1.807) is 11.3 Å². The van der Waals surface area contributed by atoms with E-state index < -0.39 is 0 Å². The highest BCUT2D eigenvalue weighted by Crippen LogP contribution is 2.40. The van der Waals surface area contributed by atoms with E-state index in [0.29, 0.717) is 0 Å². The molecule has 2 heteroatoms. The smallest absolute Gasteiger partial charge is 0.123 e. The third kappa shape index (κ3) is 3.07. The first-order valence-electron chi connectivity index (χ1n) is 8.23. The number of halogens is 1. The summed E-state index contributed by atoms with van der Waals surface area (Å²) in [5.74, 6) is -0.187. The summed E-state index contributed by atoms with van der Waals surface area (Å²) in [4.78, 5) is 2.54. The molecule has 0 aliphatic heterocycles. The molecule has 1 aromatic heterocycles. The van der Waals surface area contributed by atoms with E-state index in [4.69, 9.17) is 0 Å². The van der Waals surface area contributed by atoms with Crippen molar-refractivity contribution in [2.45, 2.75) is 26.7 Å². The Morgan fingerprint density at radius 1 is 0.917 bits per heavy atom. The van der Waals surface area contributed by atoms with Gasteiger partial charge in [-0.15, -0.1) is 11.3 Å². The normalized spacial score (nSPS) is 13.5. The molecule has 0 radical (unpaired) electrons. The van der Waals surface area contributed by atoms with E-state index in [-0.39, 0.29) is 5.82 Å². The molecule has 0 spiro atoms. The molecule has 2 aromatic carbocycles. The van der Waals surface area contributed by atoms with Gasteiger partial charge in [-0.2, -0.15) is 0 Å². The zero-order chi connectivity index (χ0) is 16.7. The Labute approximate surface area is 146 Å². The number of aryl methyl sites for hydroxylation is 1. The zero-order valence-electron chi connectivity index (χ0n) is 13.9. The van der Waals surface area contributed by atoms with Crippen LogP contribution in [0, 0.1) is 12.7 Å². The molecule has 4 rings (SSSR count). The average molecular weight is 334 g/mol. The second-order valence-corrected chi connectivity index (χ2v) is 7.69. The largest absolute Gasteiger partial charge is 0.207 e. The van der Waals surface area contributed by atoms with Gasteiger partial charge in [-0.05, 0) is 72.4 Å². The summed E-state index contributed by atoms with van der Waals surface area (Å²) in [5.41, 5.74) is 8.22. The highest BCUT2D eigenvalue weighted by molar-refractivity contribution is 7.15. The van der Waals surface area contributed by atoms with Gasteiger partial charge in [0, 0.05) is 16.2 Å². The minimum Gasteiger partial charge on any atom is -0.207 e. The first kappa shape index (κ1) is 15.3. The van der Waals surface area contributed by atoms with Crippen LogP contribution in [0.3, 0.4) is 0 Å². The van der Waals surface area contributed by atoms with Crippen molar-refractivity contribution in [1.29, 1.82) is 0 Å². The summed E-state index contributed by atoms with van der Waals surface area (Å²) in [7, 11) is 0. The molecule has 24 heavy (non-hydrogen) atoms. The third-order valence-electron chi connectivity index (χ3n) is 4.68. The first-order chi connectivity index (χ1) is 11.6.